The molecule has 0 unspecified atom stereocenters. The lowest BCUT2D eigenvalue weighted by Crippen LogP contribution is -2.36. The number of hydrogen-bond acceptors (Lipinski definition) is 6. The maximum atomic E-state index is 12.7. The van der Waals surface area contributed by atoms with E-state index >= 15 is 0 Å². The fourth-order valence-electron chi connectivity index (χ4n) is 4.10. The van der Waals surface area contributed by atoms with Crippen molar-refractivity contribution in [2.24, 2.45) is 11.8 Å². The summed E-state index contributed by atoms with van der Waals surface area (Å²) < 4.78 is 0. The van der Waals surface area contributed by atoms with Crippen LogP contribution in [0, 0.1) is 11.8 Å². The Morgan fingerprint density at radius 2 is 1.88 bits per heavy atom. The Balaban J connectivity index is 1.45. The Hall–Kier alpha value is -1.86. The van der Waals surface area contributed by atoms with E-state index in [0.717, 1.165) is 25.7 Å². The first-order valence-electron chi connectivity index (χ1n) is 8.30. The van der Waals surface area contributed by atoms with Crippen LogP contribution >= 0.6 is 11.3 Å². The maximum absolute atomic E-state index is 12.7. The highest BCUT2D eigenvalue weighted by atomic mass is 32.1. The van der Waals surface area contributed by atoms with Gasteiger partial charge in [-0.3, -0.25) is 4.79 Å². The van der Waals surface area contributed by atoms with Gasteiger partial charge in [-0.2, -0.15) is 0 Å². The fraction of sp³-hybridized carbons (Fsp3) is 0.529. The Morgan fingerprint density at radius 1 is 1.21 bits per heavy atom. The third kappa shape index (κ3) is 2.82. The summed E-state index contributed by atoms with van der Waals surface area (Å²) in [4.78, 5) is 27.3. The number of aliphatic hydroxyl groups excluding tert-OH is 1. The van der Waals surface area contributed by atoms with Crippen LogP contribution in [-0.4, -0.2) is 50.1 Å². The molecule has 7 heteroatoms. The smallest absolute Gasteiger partial charge is 0.273 e. The lowest BCUT2D eigenvalue weighted by atomic mass is 10.0. The average Bonchev–Trinajstić information content (AvgIpc) is 3.28. The van der Waals surface area contributed by atoms with Crippen LogP contribution in [0.15, 0.2) is 23.8 Å². The molecule has 0 radical (unpaired) electrons. The zero-order valence-electron chi connectivity index (χ0n) is 13.5. The summed E-state index contributed by atoms with van der Waals surface area (Å²) in [5, 5.41) is 12.2. The van der Waals surface area contributed by atoms with E-state index in [2.05, 4.69) is 15.0 Å². The number of aromatic nitrogens is 3. The molecule has 0 aliphatic heterocycles. The number of carbonyl (C=O) groups is 1. The van der Waals surface area contributed by atoms with Gasteiger partial charge in [0.2, 0.25) is 0 Å². The molecule has 2 aromatic rings. The standard InChI is InChI=1S/C17H20N4O2S/c1-21(12-5-10-7-13(22)8-11(10)6-12)17(23)14-9-24-16(20-14)15-18-3-2-4-19-15/h2-4,9-13,22H,5-8H2,1H3/t10-,11-,12?,13?/m0/s1. The van der Waals surface area contributed by atoms with Gasteiger partial charge >= 0.3 is 0 Å². The van der Waals surface area contributed by atoms with Crippen LogP contribution in [0.4, 0.5) is 0 Å². The minimum atomic E-state index is -0.145. The van der Waals surface area contributed by atoms with E-state index < -0.39 is 0 Å². The Morgan fingerprint density at radius 3 is 2.54 bits per heavy atom. The van der Waals surface area contributed by atoms with Gasteiger partial charge in [-0.05, 0) is 43.6 Å². The second-order valence-corrected chi connectivity index (χ2v) is 7.66. The van der Waals surface area contributed by atoms with E-state index in [-0.39, 0.29) is 18.1 Å². The molecule has 0 bridgehead atoms. The summed E-state index contributed by atoms with van der Waals surface area (Å²) >= 11 is 1.39. The molecule has 2 heterocycles. The number of nitrogens with zero attached hydrogens (tertiary/aromatic N) is 4. The summed E-state index contributed by atoms with van der Waals surface area (Å²) in [6.45, 7) is 0. The van der Waals surface area contributed by atoms with Crippen molar-refractivity contribution in [1.82, 2.24) is 19.9 Å². The van der Waals surface area contributed by atoms with Crippen LogP contribution in [0.5, 0.6) is 0 Å². The van der Waals surface area contributed by atoms with Crippen molar-refractivity contribution in [3.05, 3.63) is 29.5 Å². The molecular formula is C17H20N4O2S. The van der Waals surface area contributed by atoms with Crippen LogP contribution in [0.1, 0.15) is 36.2 Å². The summed E-state index contributed by atoms with van der Waals surface area (Å²) in [6, 6.07) is 2.00. The molecule has 2 aromatic heterocycles. The van der Waals surface area contributed by atoms with E-state index in [4.69, 9.17) is 0 Å². The predicted molar refractivity (Wildman–Crippen MR) is 90.5 cm³/mol. The molecule has 126 valence electrons. The third-order valence-corrected chi connectivity index (χ3v) is 6.15. The Bertz CT molecular complexity index is 721. The minimum absolute atomic E-state index is 0.0426. The number of hydrogen-bond donors (Lipinski definition) is 1. The quantitative estimate of drug-likeness (QED) is 0.923. The molecule has 24 heavy (non-hydrogen) atoms. The first-order valence-corrected chi connectivity index (χ1v) is 9.18. The monoisotopic (exact) mass is 344 g/mol. The molecule has 0 aromatic carbocycles. The second kappa shape index (κ2) is 6.22. The fourth-order valence-corrected chi connectivity index (χ4v) is 4.84. The van der Waals surface area contributed by atoms with Gasteiger partial charge in [-0.25, -0.2) is 15.0 Å². The van der Waals surface area contributed by atoms with E-state index in [0.29, 0.717) is 28.4 Å². The number of thiazole rings is 1. The molecule has 2 aliphatic carbocycles. The maximum Gasteiger partial charge on any atom is 0.273 e. The summed E-state index contributed by atoms with van der Waals surface area (Å²) in [7, 11) is 1.86. The lowest BCUT2D eigenvalue weighted by molar-refractivity contribution is 0.0717. The number of aliphatic hydroxyl groups is 1. The van der Waals surface area contributed by atoms with Crippen LogP contribution in [0.25, 0.3) is 10.8 Å². The molecule has 2 aliphatic rings. The molecular weight excluding hydrogens is 324 g/mol. The zero-order valence-corrected chi connectivity index (χ0v) is 14.3. The van der Waals surface area contributed by atoms with Crippen LogP contribution in [0.3, 0.4) is 0 Å². The van der Waals surface area contributed by atoms with Gasteiger partial charge in [0.1, 0.15) is 5.69 Å². The highest BCUT2D eigenvalue weighted by Gasteiger charge is 2.43. The summed E-state index contributed by atoms with van der Waals surface area (Å²) in [5.74, 6) is 1.63. The minimum Gasteiger partial charge on any atom is -0.393 e. The Kier molecular flexibility index (Phi) is 4.05. The number of fused-ring (bicyclic) bond motifs is 1. The van der Waals surface area contributed by atoms with Gasteiger partial charge in [-0.1, -0.05) is 0 Å². The first-order chi connectivity index (χ1) is 11.6. The highest BCUT2D eigenvalue weighted by Crippen LogP contribution is 2.45. The Labute approximate surface area is 144 Å². The number of rotatable bonds is 3. The molecule has 6 nitrogen and oxygen atoms in total. The van der Waals surface area contributed by atoms with Gasteiger partial charge < -0.3 is 10.0 Å². The van der Waals surface area contributed by atoms with Gasteiger partial charge in [0.15, 0.2) is 10.8 Å². The van der Waals surface area contributed by atoms with Crippen LogP contribution in [0.2, 0.25) is 0 Å². The van der Waals surface area contributed by atoms with Gasteiger partial charge in [0, 0.05) is 30.9 Å². The SMILES string of the molecule is CN(C(=O)c1csc(-c2ncccn2)n1)C1C[C@H]2CC(O)C[C@@H]2C1. The van der Waals surface area contributed by atoms with Crippen LogP contribution in [-0.2, 0) is 0 Å². The van der Waals surface area contributed by atoms with Crippen molar-refractivity contribution in [1.29, 1.82) is 0 Å². The van der Waals surface area contributed by atoms with Crippen molar-refractivity contribution in [3.63, 3.8) is 0 Å². The van der Waals surface area contributed by atoms with E-state index in [1.54, 1.807) is 23.8 Å². The number of amides is 1. The summed E-state index contributed by atoms with van der Waals surface area (Å²) in [5.41, 5.74) is 0.460. The molecule has 2 saturated carbocycles. The summed E-state index contributed by atoms with van der Waals surface area (Å²) in [6.07, 6.45) is 6.94. The van der Waals surface area contributed by atoms with Crippen molar-refractivity contribution in [2.45, 2.75) is 37.8 Å². The normalized spacial score (nSPS) is 24.2. The van der Waals surface area contributed by atoms with E-state index in [9.17, 15) is 9.90 Å². The van der Waals surface area contributed by atoms with Crippen molar-refractivity contribution in [2.75, 3.05) is 7.05 Å². The number of carbonyl (C=O) groups excluding carboxylic acids is 1. The predicted octanol–water partition coefficient (Wildman–Crippen LogP) is 2.22. The molecule has 1 N–H and O–H groups in total. The molecule has 0 saturated heterocycles. The van der Waals surface area contributed by atoms with E-state index in [1.807, 2.05) is 11.9 Å². The average molecular weight is 344 g/mol. The van der Waals surface area contributed by atoms with E-state index in [1.165, 1.54) is 11.3 Å². The molecule has 2 atom stereocenters. The highest BCUT2D eigenvalue weighted by molar-refractivity contribution is 7.13. The largest absolute Gasteiger partial charge is 0.393 e. The lowest BCUT2D eigenvalue weighted by Gasteiger charge is -2.24. The van der Waals surface area contributed by atoms with Crippen LogP contribution < -0.4 is 0 Å². The van der Waals surface area contributed by atoms with Gasteiger partial charge in [0.25, 0.3) is 5.91 Å². The molecule has 2 fully saturated rings. The van der Waals surface area contributed by atoms with Gasteiger partial charge in [0.05, 0.1) is 6.10 Å². The first kappa shape index (κ1) is 15.7. The second-order valence-electron chi connectivity index (χ2n) is 6.80. The molecule has 0 spiro atoms. The zero-order chi connectivity index (χ0) is 16.7. The van der Waals surface area contributed by atoms with Crippen molar-refractivity contribution in [3.8, 4) is 10.8 Å². The third-order valence-electron chi connectivity index (χ3n) is 5.31. The molecule has 4 rings (SSSR count). The van der Waals surface area contributed by atoms with Crippen molar-refractivity contribution >= 4 is 17.2 Å². The van der Waals surface area contributed by atoms with Crippen molar-refractivity contribution < 1.29 is 9.90 Å². The molecule has 1 amide bonds. The topological polar surface area (TPSA) is 79.2 Å². The van der Waals surface area contributed by atoms with Gasteiger partial charge in [-0.15, -0.1) is 11.3 Å².